The highest BCUT2D eigenvalue weighted by Crippen LogP contribution is 2.50. The van der Waals surface area contributed by atoms with Gasteiger partial charge >= 0.3 is 12.2 Å². The number of carboxylic acid groups (broad SMARTS) is 1. The Kier molecular flexibility index (Phi) is 5.48. The lowest BCUT2D eigenvalue weighted by Gasteiger charge is -2.52. The van der Waals surface area contributed by atoms with Gasteiger partial charge in [0, 0.05) is 30.7 Å². The molecule has 30 heavy (non-hydrogen) atoms. The summed E-state index contributed by atoms with van der Waals surface area (Å²) in [7, 11) is 1.24. The van der Waals surface area contributed by atoms with Crippen LogP contribution in [-0.2, 0) is 4.74 Å². The first-order chi connectivity index (χ1) is 14.3. The predicted molar refractivity (Wildman–Crippen MR) is 108 cm³/mol. The van der Waals surface area contributed by atoms with E-state index in [-0.39, 0.29) is 12.0 Å². The van der Waals surface area contributed by atoms with Crippen LogP contribution in [0.15, 0.2) is 18.2 Å². The third-order valence-electron chi connectivity index (χ3n) is 7.00. The van der Waals surface area contributed by atoms with E-state index in [1.54, 1.807) is 17.0 Å². The van der Waals surface area contributed by atoms with E-state index in [2.05, 4.69) is 10.1 Å². The van der Waals surface area contributed by atoms with Crippen LogP contribution in [0.3, 0.4) is 0 Å². The number of benzene rings is 1. The second-order valence-corrected chi connectivity index (χ2v) is 8.61. The third kappa shape index (κ3) is 3.55. The number of nitrogens with one attached hydrogen (secondary N) is 1. The normalized spacial score (nSPS) is 30.8. The SMILES string of the molecule is COC(=O)Nc1ccc(N2CCCC(C34CCC(CC(O)C3)N4C(=O)O)C2)c(F)c1. The van der Waals surface area contributed by atoms with Crippen molar-refractivity contribution in [1.29, 1.82) is 0 Å². The Labute approximate surface area is 174 Å². The predicted octanol–water partition coefficient (Wildman–Crippen LogP) is 3.26. The van der Waals surface area contributed by atoms with Gasteiger partial charge in [-0.05, 0) is 56.7 Å². The molecule has 3 fully saturated rings. The lowest BCUT2D eigenvalue weighted by molar-refractivity contribution is -0.0390. The average molecular weight is 421 g/mol. The molecule has 0 aliphatic carbocycles. The van der Waals surface area contributed by atoms with Crippen LogP contribution in [0.5, 0.6) is 0 Å². The molecule has 3 saturated heterocycles. The molecule has 4 atom stereocenters. The van der Waals surface area contributed by atoms with E-state index in [1.807, 2.05) is 4.90 Å². The molecule has 2 amide bonds. The van der Waals surface area contributed by atoms with Gasteiger partial charge in [-0.25, -0.2) is 14.0 Å². The number of fused-ring (bicyclic) bond motifs is 2. The first-order valence-corrected chi connectivity index (χ1v) is 10.4. The number of piperidine rings is 2. The molecule has 3 heterocycles. The van der Waals surface area contributed by atoms with Gasteiger partial charge in [-0.1, -0.05) is 0 Å². The molecule has 8 nitrogen and oxygen atoms in total. The Hall–Kier alpha value is -2.55. The number of aliphatic hydroxyl groups is 1. The molecule has 1 aromatic rings. The van der Waals surface area contributed by atoms with Gasteiger partial charge in [0.2, 0.25) is 0 Å². The summed E-state index contributed by atoms with van der Waals surface area (Å²) < 4.78 is 19.4. The summed E-state index contributed by atoms with van der Waals surface area (Å²) in [4.78, 5) is 26.9. The van der Waals surface area contributed by atoms with E-state index in [1.165, 1.54) is 13.2 Å². The number of carbonyl (C=O) groups is 2. The van der Waals surface area contributed by atoms with Crippen LogP contribution in [0, 0.1) is 11.7 Å². The van der Waals surface area contributed by atoms with Gasteiger partial charge in [-0.3, -0.25) is 10.2 Å². The summed E-state index contributed by atoms with van der Waals surface area (Å²) in [5.41, 5.74) is 0.149. The van der Waals surface area contributed by atoms with Crippen molar-refractivity contribution in [2.75, 3.05) is 30.4 Å². The van der Waals surface area contributed by atoms with Crippen LogP contribution < -0.4 is 10.2 Å². The smallest absolute Gasteiger partial charge is 0.411 e. The van der Waals surface area contributed by atoms with Crippen LogP contribution in [0.1, 0.15) is 38.5 Å². The van der Waals surface area contributed by atoms with Gasteiger partial charge in [0.1, 0.15) is 5.82 Å². The highest BCUT2D eigenvalue weighted by Gasteiger charge is 2.57. The Balaban J connectivity index is 1.56. The quantitative estimate of drug-likeness (QED) is 0.692. The maximum atomic E-state index is 14.8. The number of amides is 2. The highest BCUT2D eigenvalue weighted by molar-refractivity contribution is 5.84. The van der Waals surface area contributed by atoms with Crippen molar-refractivity contribution in [3.05, 3.63) is 24.0 Å². The lowest BCUT2D eigenvalue weighted by atomic mass is 9.72. The minimum atomic E-state index is -0.925. The standard InChI is InChI=1S/C21H28FN3O5/c1-30-19(27)23-14-4-5-18(17(22)9-14)24-8-2-3-13(12-24)21-7-6-15(10-16(26)11-21)25(21)20(28)29/h4-5,9,13,15-16,26H,2-3,6-8,10-12H2,1H3,(H,23,27)(H,28,29). The van der Waals surface area contributed by atoms with Crippen molar-refractivity contribution in [3.63, 3.8) is 0 Å². The maximum absolute atomic E-state index is 14.8. The van der Waals surface area contributed by atoms with Gasteiger partial charge in [0.25, 0.3) is 0 Å². The zero-order chi connectivity index (χ0) is 21.5. The van der Waals surface area contributed by atoms with Crippen molar-refractivity contribution in [2.24, 2.45) is 5.92 Å². The monoisotopic (exact) mass is 421 g/mol. The Morgan fingerprint density at radius 2 is 2.13 bits per heavy atom. The van der Waals surface area contributed by atoms with E-state index >= 15 is 0 Å². The fourth-order valence-electron chi connectivity index (χ4n) is 5.82. The molecule has 0 spiro atoms. The number of hydrogen-bond acceptors (Lipinski definition) is 5. The molecule has 164 valence electrons. The molecule has 4 unspecified atom stereocenters. The summed E-state index contributed by atoms with van der Waals surface area (Å²) >= 11 is 0. The van der Waals surface area contributed by atoms with Crippen LogP contribution in [0.4, 0.5) is 25.4 Å². The molecule has 3 N–H and O–H groups in total. The van der Waals surface area contributed by atoms with E-state index in [4.69, 9.17) is 0 Å². The maximum Gasteiger partial charge on any atom is 0.411 e. The number of anilines is 2. The van der Waals surface area contributed by atoms with E-state index in [9.17, 15) is 24.2 Å². The molecule has 3 aliphatic heterocycles. The number of aliphatic hydroxyl groups excluding tert-OH is 1. The lowest BCUT2D eigenvalue weighted by Crippen LogP contribution is -2.62. The average Bonchev–Trinajstić information content (AvgIpc) is 2.97. The van der Waals surface area contributed by atoms with Crippen molar-refractivity contribution in [1.82, 2.24) is 4.90 Å². The summed E-state index contributed by atoms with van der Waals surface area (Å²) in [6, 6.07) is 4.37. The topological polar surface area (TPSA) is 102 Å². The van der Waals surface area contributed by atoms with Crippen LogP contribution in [-0.4, -0.2) is 65.2 Å². The number of nitrogens with zero attached hydrogens (tertiary/aromatic N) is 2. The molecule has 0 radical (unpaired) electrons. The molecule has 0 saturated carbocycles. The summed E-state index contributed by atoms with van der Waals surface area (Å²) in [6.45, 7) is 1.20. The number of ether oxygens (including phenoxy) is 1. The molecule has 9 heteroatoms. The second kappa shape index (κ2) is 7.94. The Morgan fingerprint density at radius 3 is 2.83 bits per heavy atom. The largest absolute Gasteiger partial charge is 0.465 e. The second-order valence-electron chi connectivity index (χ2n) is 8.61. The molecule has 2 bridgehead atoms. The van der Waals surface area contributed by atoms with Gasteiger partial charge in [0.15, 0.2) is 0 Å². The van der Waals surface area contributed by atoms with E-state index in [0.29, 0.717) is 37.3 Å². The van der Waals surface area contributed by atoms with Gasteiger partial charge in [-0.2, -0.15) is 0 Å². The van der Waals surface area contributed by atoms with Crippen LogP contribution >= 0.6 is 0 Å². The Morgan fingerprint density at radius 1 is 1.33 bits per heavy atom. The zero-order valence-corrected chi connectivity index (χ0v) is 17.0. The number of carbonyl (C=O) groups excluding carboxylic acids is 1. The highest BCUT2D eigenvalue weighted by atomic mass is 19.1. The summed E-state index contributed by atoms with van der Waals surface area (Å²) in [5.74, 6) is -0.431. The van der Waals surface area contributed by atoms with Gasteiger partial charge in [0.05, 0.1) is 24.4 Å². The molecule has 1 aromatic carbocycles. The number of halogens is 1. The zero-order valence-electron chi connectivity index (χ0n) is 17.0. The molecular weight excluding hydrogens is 393 g/mol. The molecule has 3 aliphatic rings. The van der Waals surface area contributed by atoms with Gasteiger partial charge < -0.3 is 19.8 Å². The van der Waals surface area contributed by atoms with Crippen molar-refractivity contribution >= 4 is 23.6 Å². The number of methoxy groups -OCH3 is 1. The summed E-state index contributed by atoms with van der Waals surface area (Å²) in [5, 5.41) is 22.7. The fourth-order valence-corrected chi connectivity index (χ4v) is 5.82. The molecular formula is C21H28FN3O5. The number of hydrogen-bond donors (Lipinski definition) is 3. The molecule has 0 aromatic heterocycles. The first kappa shape index (κ1) is 20.7. The van der Waals surface area contributed by atoms with Gasteiger partial charge in [-0.15, -0.1) is 0 Å². The minimum Gasteiger partial charge on any atom is -0.465 e. The number of rotatable bonds is 3. The fraction of sp³-hybridized carbons (Fsp3) is 0.619. The van der Waals surface area contributed by atoms with E-state index < -0.39 is 29.6 Å². The minimum absolute atomic E-state index is 0.0228. The first-order valence-electron chi connectivity index (χ1n) is 10.4. The van der Waals surface area contributed by atoms with Crippen molar-refractivity contribution in [3.8, 4) is 0 Å². The van der Waals surface area contributed by atoms with Crippen LogP contribution in [0.25, 0.3) is 0 Å². The Bertz CT molecular complexity index is 837. The van der Waals surface area contributed by atoms with Crippen molar-refractivity contribution in [2.45, 2.75) is 56.2 Å². The van der Waals surface area contributed by atoms with E-state index in [0.717, 1.165) is 25.7 Å². The molecule has 4 rings (SSSR count). The van der Waals surface area contributed by atoms with Crippen molar-refractivity contribution < 1.29 is 28.9 Å². The van der Waals surface area contributed by atoms with Crippen LogP contribution in [0.2, 0.25) is 0 Å². The summed E-state index contributed by atoms with van der Waals surface area (Å²) in [6.07, 6.45) is 2.03. The third-order valence-corrected chi connectivity index (χ3v) is 7.00.